The number of rotatable bonds is 5. The van der Waals surface area contributed by atoms with E-state index in [4.69, 9.17) is 0 Å². The van der Waals surface area contributed by atoms with Crippen molar-refractivity contribution in [2.45, 2.75) is 60.4 Å². The molecule has 0 fully saturated rings. The maximum absolute atomic E-state index is 3.46. The summed E-state index contributed by atoms with van der Waals surface area (Å²) in [6.45, 7) is 14.0. The van der Waals surface area contributed by atoms with Gasteiger partial charge in [-0.05, 0) is 30.7 Å². The van der Waals surface area contributed by atoms with Gasteiger partial charge in [-0.2, -0.15) is 0 Å². The van der Waals surface area contributed by atoms with Gasteiger partial charge in [0.05, 0.1) is 0 Å². The van der Waals surface area contributed by atoms with Crippen molar-refractivity contribution in [2.24, 2.45) is 17.3 Å². The van der Waals surface area contributed by atoms with Gasteiger partial charge >= 0.3 is 0 Å². The lowest BCUT2D eigenvalue weighted by Crippen LogP contribution is -2.36. The van der Waals surface area contributed by atoms with Crippen LogP contribution in [0.5, 0.6) is 0 Å². The Kier molecular flexibility index (Phi) is 5.73. The Morgan fingerprint density at radius 3 is 1.93 bits per heavy atom. The van der Waals surface area contributed by atoms with E-state index in [1.165, 1.54) is 12.8 Å². The first-order valence-corrected chi connectivity index (χ1v) is 6.00. The van der Waals surface area contributed by atoms with E-state index in [9.17, 15) is 0 Å². The fraction of sp³-hybridized carbons (Fsp3) is 1.00. The average molecular weight is 199 g/mol. The first-order valence-electron chi connectivity index (χ1n) is 6.00. The second kappa shape index (κ2) is 5.75. The molecule has 3 atom stereocenters. The normalized spacial score (nSPS) is 19.1. The smallest absolute Gasteiger partial charge is 0.00923 e. The summed E-state index contributed by atoms with van der Waals surface area (Å²) >= 11 is 0. The average Bonchev–Trinajstić information content (AvgIpc) is 2.10. The monoisotopic (exact) mass is 199 g/mol. The van der Waals surface area contributed by atoms with E-state index in [2.05, 4.69) is 53.9 Å². The SMILES string of the molecule is CCC(C)C(CC(C)C(C)(C)C)NC. The van der Waals surface area contributed by atoms with Crippen molar-refractivity contribution in [2.75, 3.05) is 7.05 Å². The van der Waals surface area contributed by atoms with Gasteiger partial charge in [0.25, 0.3) is 0 Å². The maximum Gasteiger partial charge on any atom is 0.00923 e. The Hall–Kier alpha value is -0.0400. The van der Waals surface area contributed by atoms with Gasteiger partial charge in [0, 0.05) is 6.04 Å². The van der Waals surface area contributed by atoms with Crippen molar-refractivity contribution >= 4 is 0 Å². The fourth-order valence-electron chi connectivity index (χ4n) is 1.65. The molecule has 1 nitrogen and oxygen atoms in total. The van der Waals surface area contributed by atoms with Crippen LogP contribution in [0.15, 0.2) is 0 Å². The third kappa shape index (κ3) is 4.45. The van der Waals surface area contributed by atoms with Crippen LogP contribution in [0.4, 0.5) is 0 Å². The zero-order valence-electron chi connectivity index (χ0n) is 11.1. The van der Waals surface area contributed by atoms with Crippen molar-refractivity contribution in [1.29, 1.82) is 0 Å². The van der Waals surface area contributed by atoms with Gasteiger partial charge in [0.2, 0.25) is 0 Å². The van der Waals surface area contributed by atoms with Gasteiger partial charge in [-0.3, -0.25) is 0 Å². The van der Waals surface area contributed by atoms with Gasteiger partial charge in [0.15, 0.2) is 0 Å². The second-order valence-corrected chi connectivity index (χ2v) is 5.78. The lowest BCUT2D eigenvalue weighted by Gasteiger charge is -2.33. The number of hydrogen-bond donors (Lipinski definition) is 1. The Bertz CT molecular complexity index is 146. The van der Waals surface area contributed by atoms with Gasteiger partial charge in [-0.15, -0.1) is 0 Å². The predicted molar refractivity (Wildman–Crippen MR) is 65.5 cm³/mol. The molecule has 14 heavy (non-hydrogen) atoms. The molecule has 1 heteroatoms. The fourth-order valence-corrected chi connectivity index (χ4v) is 1.65. The molecule has 86 valence electrons. The predicted octanol–water partition coefficient (Wildman–Crippen LogP) is 3.69. The Balaban J connectivity index is 4.18. The van der Waals surface area contributed by atoms with Gasteiger partial charge in [-0.1, -0.05) is 48.0 Å². The van der Waals surface area contributed by atoms with Crippen LogP contribution >= 0.6 is 0 Å². The van der Waals surface area contributed by atoms with Crippen molar-refractivity contribution in [3.05, 3.63) is 0 Å². The summed E-state index contributed by atoms with van der Waals surface area (Å²) < 4.78 is 0. The molecule has 3 unspecified atom stereocenters. The molecule has 0 aliphatic rings. The van der Waals surface area contributed by atoms with Crippen LogP contribution in [0.2, 0.25) is 0 Å². The Morgan fingerprint density at radius 2 is 1.64 bits per heavy atom. The largest absolute Gasteiger partial charge is 0.317 e. The third-order valence-corrected chi connectivity index (χ3v) is 3.79. The molecule has 0 saturated heterocycles. The molecule has 0 bridgehead atoms. The van der Waals surface area contributed by atoms with Crippen LogP contribution in [-0.4, -0.2) is 13.1 Å². The standard InChI is InChI=1S/C13H29N/c1-8-10(2)12(14-7)9-11(3)13(4,5)6/h10-12,14H,8-9H2,1-7H3. The van der Waals surface area contributed by atoms with E-state index < -0.39 is 0 Å². The minimum absolute atomic E-state index is 0.433. The van der Waals surface area contributed by atoms with E-state index in [0.717, 1.165) is 11.8 Å². The van der Waals surface area contributed by atoms with E-state index >= 15 is 0 Å². The molecular formula is C13H29N. The van der Waals surface area contributed by atoms with Crippen LogP contribution in [0.25, 0.3) is 0 Å². The van der Waals surface area contributed by atoms with Gasteiger partial charge in [0.1, 0.15) is 0 Å². The van der Waals surface area contributed by atoms with Gasteiger partial charge in [-0.25, -0.2) is 0 Å². The summed E-state index contributed by atoms with van der Waals surface area (Å²) in [6.07, 6.45) is 2.55. The highest BCUT2D eigenvalue weighted by Crippen LogP contribution is 2.30. The number of nitrogens with one attached hydrogen (secondary N) is 1. The van der Waals surface area contributed by atoms with Gasteiger partial charge < -0.3 is 5.32 Å². The zero-order valence-corrected chi connectivity index (χ0v) is 11.1. The summed E-state index contributed by atoms with van der Waals surface area (Å²) in [4.78, 5) is 0. The molecule has 0 radical (unpaired) electrons. The Labute approximate surface area is 90.7 Å². The molecule has 0 saturated carbocycles. The van der Waals surface area contributed by atoms with Crippen LogP contribution in [0.3, 0.4) is 0 Å². The van der Waals surface area contributed by atoms with Crippen molar-refractivity contribution in [3.63, 3.8) is 0 Å². The minimum atomic E-state index is 0.433. The Morgan fingerprint density at radius 1 is 1.14 bits per heavy atom. The van der Waals surface area contributed by atoms with Crippen LogP contribution < -0.4 is 5.32 Å². The van der Waals surface area contributed by atoms with E-state index in [1.54, 1.807) is 0 Å². The molecule has 0 rings (SSSR count). The first kappa shape index (κ1) is 14.0. The second-order valence-electron chi connectivity index (χ2n) is 5.78. The summed E-state index contributed by atoms with van der Waals surface area (Å²) in [5.74, 6) is 1.55. The van der Waals surface area contributed by atoms with Crippen LogP contribution in [-0.2, 0) is 0 Å². The lowest BCUT2D eigenvalue weighted by molar-refractivity contribution is 0.203. The molecule has 0 amide bonds. The summed E-state index contributed by atoms with van der Waals surface area (Å²) in [7, 11) is 2.09. The minimum Gasteiger partial charge on any atom is -0.317 e. The van der Waals surface area contributed by atoms with Crippen molar-refractivity contribution < 1.29 is 0 Å². The van der Waals surface area contributed by atoms with Crippen LogP contribution in [0, 0.1) is 17.3 Å². The highest BCUT2D eigenvalue weighted by Gasteiger charge is 2.24. The molecule has 0 spiro atoms. The topological polar surface area (TPSA) is 12.0 Å². The highest BCUT2D eigenvalue weighted by molar-refractivity contribution is 4.78. The summed E-state index contributed by atoms with van der Waals surface area (Å²) in [5, 5.41) is 3.46. The molecule has 0 heterocycles. The summed E-state index contributed by atoms with van der Waals surface area (Å²) in [5.41, 5.74) is 0.433. The van der Waals surface area contributed by atoms with Crippen LogP contribution in [0.1, 0.15) is 54.4 Å². The quantitative estimate of drug-likeness (QED) is 0.712. The third-order valence-electron chi connectivity index (χ3n) is 3.79. The molecule has 0 aliphatic heterocycles. The van der Waals surface area contributed by atoms with E-state index in [-0.39, 0.29) is 0 Å². The maximum atomic E-state index is 3.46. The van der Waals surface area contributed by atoms with E-state index in [0.29, 0.717) is 11.5 Å². The zero-order chi connectivity index (χ0) is 11.4. The molecule has 0 aliphatic carbocycles. The first-order chi connectivity index (χ1) is 6.32. The van der Waals surface area contributed by atoms with Crippen molar-refractivity contribution in [3.8, 4) is 0 Å². The summed E-state index contributed by atoms with van der Waals surface area (Å²) in [6, 6.07) is 0.675. The highest BCUT2D eigenvalue weighted by atomic mass is 14.9. The number of hydrogen-bond acceptors (Lipinski definition) is 1. The molecule has 0 aromatic rings. The van der Waals surface area contributed by atoms with Crippen molar-refractivity contribution in [1.82, 2.24) is 5.32 Å². The molecular weight excluding hydrogens is 170 g/mol. The van der Waals surface area contributed by atoms with E-state index in [1.807, 2.05) is 0 Å². The molecule has 0 aromatic heterocycles. The molecule has 0 aromatic carbocycles. The molecule has 1 N–H and O–H groups in total. The lowest BCUT2D eigenvalue weighted by atomic mass is 9.76.